The number of aryl methyl sites for hydroxylation is 1. The highest BCUT2D eigenvalue weighted by molar-refractivity contribution is 7.86. The smallest absolute Gasteiger partial charge is 0.297 e. The van der Waals surface area contributed by atoms with E-state index in [2.05, 4.69) is 0 Å². The molecule has 1 fully saturated rings. The summed E-state index contributed by atoms with van der Waals surface area (Å²) < 4.78 is 35.4. The van der Waals surface area contributed by atoms with Crippen LogP contribution in [0.1, 0.15) is 30.4 Å². The standard InChI is InChI=1S/C19H22O4S/c1-15-4-10-18(11-5-15)24(20,21)23-14-19(12-3-13-19)16-6-8-17(22-2)9-7-16/h4-11H,3,12-14H2,1-2H3. The molecule has 0 aliphatic heterocycles. The Kier molecular flexibility index (Phi) is 4.65. The van der Waals surface area contributed by atoms with E-state index in [1.165, 1.54) is 0 Å². The third kappa shape index (κ3) is 3.32. The summed E-state index contributed by atoms with van der Waals surface area (Å²) in [5, 5.41) is 0. The fourth-order valence-corrected chi connectivity index (χ4v) is 4.01. The highest BCUT2D eigenvalue weighted by Gasteiger charge is 2.40. The number of rotatable bonds is 6. The Balaban J connectivity index is 1.76. The van der Waals surface area contributed by atoms with Gasteiger partial charge in [0.25, 0.3) is 10.1 Å². The Bertz CT molecular complexity index is 788. The average Bonchev–Trinajstić information content (AvgIpc) is 2.55. The van der Waals surface area contributed by atoms with E-state index in [0.29, 0.717) is 0 Å². The van der Waals surface area contributed by atoms with E-state index in [-0.39, 0.29) is 16.9 Å². The normalized spacial score (nSPS) is 16.4. The van der Waals surface area contributed by atoms with Crippen LogP contribution in [0.5, 0.6) is 5.75 Å². The van der Waals surface area contributed by atoms with Crippen molar-refractivity contribution in [2.45, 2.75) is 36.5 Å². The highest BCUT2D eigenvalue weighted by Crippen LogP contribution is 2.44. The molecule has 5 heteroatoms. The zero-order valence-electron chi connectivity index (χ0n) is 14.0. The van der Waals surface area contributed by atoms with Gasteiger partial charge in [0.2, 0.25) is 0 Å². The maximum Gasteiger partial charge on any atom is 0.297 e. The molecule has 2 aromatic rings. The van der Waals surface area contributed by atoms with E-state index >= 15 is 0 Å². The number of hydrogen-bond acceptors (Lipinski definition) is 4. The molecule has 24 heavy (non-hydrogen) atoms. The summed E-state index contributed by atoms with van der Waals surface area (Å²) >= 11 is 0. The van der Waals surface area contributed by atoms with Crippen LogP contribution in [0.15, 0.2) is 53.4 Å². The van der Waals surface area contributed by atoms with Gasteiger partial charge in [-0.25, -0.2) is 0 Å². The van der Waals surface area contributed by atoms with Crippen LogP contribution < -0.4 is 4.74 Å². The Labute approximate surface area is 143 Å². The van der Waals surface area contributed by atoms with Crippen molar-refractivity contribution < 1.29 is 17.3 Å². The fourth-order valence-electron chi connectivity index (χ4n) is 3.03. The summed E-state index contributed by atoms with van der Waals surface area (Å²) in [6.07, 6.45) is 2.95. The monoisotopic (exact) mass is 346 g/mol. The van der Waals surface area contributed by atoms with Gasteiger partial charge in [-0.3, -0.25) is 4.18 Å². The Morgan fingerprint density at radius 3 is 2.12 bits per heavy atom. The first-order valence-corrected chi connectivity index (χ1v) is 9.47. The van der Waals surface area contributed by atoms with Crippen molar-refractivity contribution in [3.8, 4) is 5.75 Å². The minimum atomic E-state index is -3.73. The molecule has 2 aromatic carbocycles. The molecule has 1 saturated carbocycles. The first-order valence-electron chi connectivity index (χ1n) is 8.06. The molecule has 0 N–H and O–H groups in total. The zero-order valence-corrected chi connectivity index (χ0v) is 14.8. The molecule has 0 atom stereocenters. The molecule has 0 spiro atoms. The van der Waals surface area contributed by atoms with Crippen molar-refractivity contribution >= 4 is 10.1 Å². The van der Waals surface area contributed by atoms with Crippen LogP contribution in [0.25, 0.3) is 0 Å². The highest BCUT2D eigenvalue weighted by atomic mass is 32.2. The SMILES string of the molecule is COc1ccc(C2(COS(=O)(=O)c3ccc(C)cc3)CCC2)cc1. The first-order chi connectivity index (χ1) is 11.5. The molecule has 0 bridgehead atoms. The van der Waals surface area contributed by atoms with E-state index in [4.69, 9.17) is 8.92 Å². The topological polar surface area (TPSA) is 52.6 Å². The second-order valence-corrected chi connectivity index (χ2v) is 8.01. The van der Waals surface area contributed by atoms with Crippen molar-refractivity contribution in [2.24, 2.45) is 0 Å². The summed E-state index contributed by atoms with van der Waals surface area (Å²) in [4.78, 5) is 0.206. The van der Waals surface area contributed by atoms with Crippen LogP contribution in [0, 0.1) is 6.92 Å². The Morgan fingerprint density at radius 2 is 1.62 bits per heavy atom. The van der Waals surface area contributed by atoms with E-state index in [1.54, 1.807) is 31.4 Å². The fraction of sp³-hybridized carbons (Fsp3) is 0.368. The Hall–Kier alpha value is -1.85. The van der Waals surface area contributed by atoms with Crippen LogP contribution in [-0.2, 0) is 19.7 Å². The summed E-state index contributed by atoms with van der Waals surface area (Å²) in [5.74, 6) is 0.793. The van der Waals surface area contributed by atoms with Gasteiger partial charge in [-0.2, -0.15) is 8.42 Å². The molecule has 1 aliphatic rings. The van der Waals surface area contributed by atoms with Gasteiger partial charge in [-0.1, -0.05) is 36.2 Å². The van der Waals surface area contributed by atoms with Gasteiger partial charge in [0.1, 0.15) is 5.75 Å². The summed E-state index contributed by atoms with van der Waals surface area (Å²) in [6.45, 7) is 2.10. The third-order valence-corrected chi connectivity index (χ3v) is 6.09. The molecular weight excluding hydrogens is 324 g/mol. The van der Waals surface area contributed by atoms with Gasteiger partial charge < -0.3 is 4.74 Å². The quantitative estimate of drug-likeness (QED) is 0.746. The molecule has 0 aromatic heterocycles. The van der Waals surface area contributed by atoms with Crippen LogP contribution in [0.4, 0.5) is 0 Å². The van der Waals surface area contributed by atoms with Crippen molar-refractivity contribution in [3.05, 3.63) is 59.7 Å². The van der Waals surface area contributed by atoms with Crippen molar-refractivity contribution in [1.29, 1.82) is 0 Å². The van der Waals surface area contributed by atoms with Crippen LogP contribution in [0.2, 0.25) is 0 Å². The van der Waals surface area contributed by atoms with Crippen LogP contribution in [-0.4, -0.2) is 22.1 Å². The van der Waals surface area contributed by atoms with E-state index in [1.807, 2.05) is 31.2 Å². The number of benzene rings is 2. The second-order valence-electron chi connectivity index (χ2n) is 6.39. The molecular formula is C19H22O4S. The third-order valence-electron chi connectivity index (χ3n) is 4.81. The molecule has 128 valence electrons. The molecule has 4 nitrogen and oxygen atoms in total. The molecule has 3 rings (SSSR count). The summed E-state index contributed by atoms with van der Waals surface area (Å²) in [6, 6.07) is 14.5. The van der Waals surface area contributed by atoms with Gasteiger partial charge in [-0.05, 0) is 49.6 Å². The van der Waals surface area contributed by atoms with Crippen molar-refractivity contribution in [2.75, 3.05) is 13.7 Å². The van der Waals surface area contributed by atoms with Gasteiger partial charge in [-0.15, -0.1) is 0 Å². The number of hydrogen-bond donors (Lipinski definition) is 0. The zero-order chi connectivity index (χ0) is 17.2. The first kappa shape index (κ1) is 17.0. The minimum absolute atomic E-state index is 0.176. The lowest BCUT2D eigenvalue weighted by Gasteiger charge is -2.41. The molecule has 1 aliphatic carbocycles. The lowest BCUT2D eigenvalue weighted by Crippen LogP contribution is -2.39. The lowest BCUT2D eigenvalue weighted by atomic mass is 9.65. The van der Waals surface area contributed by atoms with Gasteiger partial charge >= 0.3 is 0 Å². The molecule has 0 heterocycles. The van der Waals surface area contributed by atoms with Crippen molar-refractivity contribution in [3.63, 3.8) is 0 Å². The van der Waals surface area contributed by atoms with E-state index in [0.717, 1.165) is 36.1 Å². The van der Waals surface area contributed by atoms with Gasteiger partial charge in [0.15, 0.2) is 0 Å². The predicted octanol–water partition coefficient (Wildman–Crippen LogP) is 3.83. The average molecular weight is 346 g/mol. The van der Waals surface area contributed by atoms with Crippen LogP contribution >= 0.6 is 0 Å². The molecule has 0 amide bonds. The maximum absolute atomic E-state index is 12.4. The number of methoxy groups -OCH3 is 1. The van der Waals surface area contributed by atoms with Crippen molar-refractivity contribution in [1.82, 2.24) is 0 Å². The van der Waals surface area contributed by atoms with Gasteiger partial charge in [0, 0.05) is 5.41 Å². The number of ether oxygens (including phenoxy) is 1. The van der Waals surface area contributed by atoms with Gasteiger partial charge in [0.05, 0.1) is 18.6 Å². The predicted molar refractivity (Wildman–Crippen MR) is 92.8 cm³/mol. The largest absolute Gasteiger partial charge is 0.497 e. The summed E-state index contributed by atoms with van der Waals surface area (Å²) in [7, 11) is -2.10. The van der Waals surface area contributed by atoms with E-state index < -0.39 is 10.1 Å². The van der Waals surface area contributed by atoms with Crippen LogP contribution in [0.3, 0.4) is 0 Å². The molecule has 0 saturated heterocycles. The summed E-state index contributed by atoms with van der Waals surface area (Å²) in [5.41, 5.74) is 1.90. The molecule has 0 unspecified atom stereocenters. The maximum atomic E-state index is 12.4. The Morgan fingerprint density at radius 1 is 1.00 bits per heavy atom. The minimum Gasteiger partial charge on any atom is -0.497 e. The van der Waals surface area contributed by atoms with E-state index in [9.17, 15) is 8.42 Å². The lowest BCUT2D eigenvalue weighted by molar-refractivity contribution is 0.140. The molecule has 0 radical (unpaired) electrons. The second kappa shape index (κ2) is 6.57.